The molecule has 0 aliphatic heterocycles. The van der Waals surface area contributed by atoms with Crippen molar-refractivity contribution in [1.29, 1.82) is 0 Å². The van der Waals surface area contributed by atoms with E-state index < -0.39 is 8.07 Å². The monoisotopic (exact) mass is 268 g/mol. The summed E-state index contributed by atoms with van der Waals surface area (Å²) in [6, 6.07) is 15.6. The molecule has 0 bridgehead atoms. The van der Waals surface area contributed by atoms with Gasteiger partial charge >= 0.3 is 0 Å². The van der Waals surface area contributed by atoms with Crippen molar-refractivity contribution in [3.8, 4) is 0 Å². The zero-order valence-corrected chi connectivity index (χ0v) is 12.1. The van der Waals surface area contributed by atoms with Gasteiger partial charge < -0.3 is 0 Å². The predicted molar refractivity (Wildman–Crippen MR) is 80.4 cm³/mol. The van der Waals surface area contributed by atoms with Crippen LogP contribution >= 0.6 is 0 Å². The maximum absolute atomic E-state index is 10.7. The van der Waals surface area contributed by atoms with E-state index in [2.05, 4.69) is 13.1 Å². The minimum absolute atomic E-state index is 0.699. The summed E-state index contributed by atoms with van der Waals surface area (Å²) < 4.78 is 0. The highest BCUT2D eigenvalue weighted by Gasteiger charge is 2.25. The molecule has 0 aliphatic carbocycles. The molecule has 0 heterocycles. The third kappa shape index (κ3) is 2.71. The van der Waals surface area contributed by atoms with Crippen molar-refractivity contribution >= 4 is 31.0 Å². The van der Waals surface area contributed by atoms with E-state index in [1.54, 1.807) is 0 Å². The summed E-state index contributed by atoms with van der Waals surface area (Å²) in [6.45, 7) is 4.53. The normalized spacial score (nSPS) is 11.1. The summed E-state index contributed by atoms with van der Waals surface area (Å²) in [6.07, 6.45) is 1.72. The fraction of sp³-hybridized carbons (Fsp3) is 0.125. The molecule has 0 saturated carbocycles. The zero-order chi connectivity index (χ0) is 13.9. The van der Waals surface area contributed by atoms with Crippen LogP contribution in [0.25, 0.3) is 0 Å². The molecule has 19 heavy (non-hydrogen) atoms. The summed E-state index contributed by atoms with van der Waals surface area (Å²) in [7, 11) is -1.76. The molecule has 2 aromatic rings. The van der Waals surface area contributed by atoms with E-state index in [1.165, 1.54) is 10.4 Å². The lowest BCUT2D eigenvalue weighted by Gasteiger charge is -2.23. The molecule has 0 spiro atoms. The molecule has 0 radical (unpaired) electrons. The number of hydrogen-bond acceptors (Lipinski definition) is 2. The number of carbonyl (C=O) groups excluding carboxylic acids is 2. The number of aldehydes is 2. The van der Waals surface area contributed by atoms with Gasteiger partial charge in [-0.15, -0.1) is 0 Å². The zero-order valence-electron chi connectivity index (χ0n) is 11.1. The lowest BCUT2D eigenvalue weighted by atomic mass is 10.2. The molecule has 0 amide bonds. The van der Waals surface area contributed by atoms with Crippen molar-refractivity contribution < 1.29 is 9.59 Å². The quantitative estimate of drug-likeness (QED) is 0.629. The minimum atomic E-state index is -1.76. The average Bonchev–Trinajstić information content (AvgIpc) is 2.47. The molecule has 96 valence electrons. The Morgan fingerprint density at radius 1 is 0.684 bits per heavy atom. The highest BCUT2D eigenvalue weighted by atomic mass is 28.3. The van der Waals surface area contributed by atoms with Crippen LogP contribution in [-0.2, 0) is 0 Å². The van der Waals surface area contributed by atoms with Gasteiger partial charge in [-0.3, -0.25) is 9.59 Å². The van der Waals surface area contributed by atoms with Gasteiger partial charge in [-0.25, -0.2) is 0 Å². The Bertz CT molecular complexity index is 530. The number of rotatable bonds is 4. The van der Waals surface area contributed by atoms with Crippen LogP contribution in [0.2, 0.25) is 13.1 Å². The largest absolute Gasteiger partial charge is 0.298 e. The molecular weight excluding hydrogens is 252 g/mol. The van der Waals surface area contributed by atoms with Crippen LogP contribution < -0.4 is 10.4 Å². The molecule has 0 unspecified atom stereocenters. The maximum atomic E-state index is 10.7. The van der Waals surface area contributed by atoms with Gasteiger partial charge in [-0.2, -0.15) is 0 Å². The molecule has 3 heteroatoms. The Labute approximate surface area is 114 Å². The Hall–Kier alpha value is -2.00. The van der Waals surface area contributed by atoms with Crippen LogP contribution in [-0.4, -0.2) is 20.6 Å². The van der Waals surface area contributed by atoms with Gasteiger partial charge in [-0.1, -0.05) is 72.0 Å². The number of benzene rings is 2. The van der Waals surface area contributed by atoms with Crippen molar-refractivity contribution in [2.75, 3.05) is 0 Å². The van der Waals surface area contributed by atoms with Crippen molar-refractivity contribution in [2.45, 2.75) is 13.1 Å². The first-order valence-corrected chi connectivity index (χ1v) is 9.19. The smallest absolute Gasteiger partial charge is 0.150 e. The average molecular weight is 268 g/mol. The van der Waals surface area contributed by atoms with E-state index in [0.717, 1.165) is 12.6 Å². The summed E-state index contributed by atoms with van der Waals surface area (Å²) in [5.74, 6) is 0. The van der Waals surface area contributed by atoms with Crippen LogP contribution in [0.5, 0.6) is 0 Å². The van der Waals surface area contributed by atoms with Crippen LogP contribution in [0, 0.1) is 0 Å². The van der Waals surface area contributed by atoms with Gasteiger partial charge in [0.15, 0.2) is 0 Å². The highest BCUT2D eigenvalue weighted by Crippen LogP contribution is 2.06. The maximum Gasteiger partial charge on any atom is 0.150 e. The first-order valence-electron chi connectivity index (χ1n) is 6.19. The molecule has 0 fully saturated rings. The molecule has 0 aliphatic rings. The summed E-state index contributed by atoms with van der Waals surface area (Å²) in [5, 5.41) is 2.55. The second kappa shape index (κ2) is 5.32. The van der Waals surface area contributed by atoms with E-state index in [-0.39, 0.29) is 0 Å². The summed E-state index contributed by atoms with van der Waals surface area (Å²) >= 11 is 0. The van der Waals surface area contributed by atoms with E-state index in [1.807, 2.05) is 48.5 Å². The van der Waals surface area contributed by atoms with Gasteiger partial charge in [-0.05, 0) is 0 Å². The number of carbonyl (C=O) groups is 2. The molecule has 2 nitrogen and oxygen atoms in total. The first kappa shape index (κ1) is 13.4. The topological polar surface area (TPSA) is 34.1 Å². The second-order valence-corrected chi connectivity index (χ2v) is 9.51. The molecule has 0 N–H and O–H groups in total. The summed E-state index contributed by atoms with van der Waals surface area (Å²) in [5.41, 5.74) is 1.40. The van der Waals surface area contributed by atoms with Gasteiger partial charge in [0.2, 0.25) is 0 Å². The van der Waals surface area contributed by atoms with E-state index in [0.29, 0.717) is 11.1 Å². The first-order chi connectivity index (χ1) is 9.07. The van der Waals surface area contributed by atoms with E-state index >= 15 is 0 Å². The lowest BCUT2D eigenvalue weighted by molar-refractivity contribution is 0.111. The van der Waals surface area contributed by atoms with Crippen LogP contribution in [0.3, 0.4) is 0 Å². The van der Waals surface area contributed by atoms with Crippen molar-refractivity contribution in [1.82, 2.24) is 0 Å². The molecule has 2 aromatic carbocycles. The fourth-order valence-electron chi connectivity index (χ4n) is 2.12. The van der Waals surface area contributed by atoms with Crippen molar-refractivity contribution in [3.05, 3.63) is 59.7 Å². The SMILES string of the molecule is C[Si](C)(c1ccc(C=O)cc1)c1ccc(C=O)cc1. The molecular formula is C16H16O2Si. The third-order valence-corrected chi connectivity index (χ3v) is 7.09. The predicted octanol–water partition coefficient (Wildman–Crippen LogP) is 2.13. The highest BCUT2D eigenvalue weighted by molar-refractivity contribution is 7.00. The van der Waals surface area contributed by atoms with Gasteiger partial charge in [0.25, 0.3) is 0 Å². The molecule has 0 saturated heterocycles. The van der Waals surface area contributed by atoms with Crippen molar-refractivity contribution in [3.63, 3.8) is 0 Å². The summed E-state index contributed by atoms with van der Waals surface area (Å²) in [4.78, 5) is 21.4. The van der Waals surface area contributed by atoms with Crippen LogP contribution in [0.1, 0.15) is 20.7 Å². The van der Waals surface area contributed by atoms with Crippen LogP contribution in [0.4, 0.5) is 0 Å². The lowest BCUT2D eigenvalue weighted by Crippen LogP contribution is -2.52. The Morgan fingerprint density at radius 2 is 1.00 bits per heavy atom. The van der Waals surface area contributed by atoms with Gasteiger partial charge in [0.05, 0.1) is 0 Å². The standard InChI is InChI=1S/C16H16O2Si/c1-19(2,15-7-3-13(11-17)4-8-15)16-9-5-14(12-18)6-10-16/h3-12H,1-2H3. The Morgan fingerprint density at radius 3 is 1.26 bits per heavy atom. The van der Waals surface area contributed by atoms with E-state index in [4.69, 9.17) is 0 Å². The Balaban J connectivity index is 2.38. The molecule has 0 aromatic heterocycles. The van der Waals surface area contributed by atoms with Gasteiger partial charge in [0.1, 0.15) is 20.6 Å². The third-order valence-electron chi connectivity index (χ3n) is 3.54. The second-order valence-electron chi connectivity index (χ2n) is 5.10. The minimum Gasteiger partial charge on any atom is -0.298 e. The molecule has 2 rings (SSSR count). The van der Waals surface area contributed by atoms with E-state index in [9.17, 15) is 9.59 Å². The fourth-order valence-corrected chi connectivity index (χ4v) is 4.46. The molecule has 0 atom stereocenters. The van der Waals surface area contributed by atoms with Crippen LogP contribution in [0.15, 0.2) is 48.5 Å². The van der Waals surface area contributed by atoms with Crippen molar-refractivity contribution in [2.24, 2.45) is 0 Å². The Kier molecular flexibility index (Phi) is 3.76. The number of hydrogen-bond donors (Lipinski definition) is 0. The van der Waals surface area contributed by atoms with Gasteiger partial charge in [0, 0.05) is 11.1 Å².